The van der Waals surface area contributed by atoms with Crippen molar-refractivity contribution in [2.24, 2.45) is 5.41 Å². The second kappa shape index (κ2) is 2.26. The highest BCUT2D eigenvalue weighted by atomic mass is 19.1. The zero-order chi connectivity index (χ0) is 9.10. The van der Waals surface area contributed by atoms with Gasteiger partial charge in [0.2, 0.25) is 0 Å². The van der Waals surface area contributed by atoms with Crippen LogP contribution in [0.1, 0.15) is 25.7 Å². The maximum absolute atomic E-state index is 13.2. The second-order valence-corrected chi connectivity index (χ2v) is 5.24. The Morgan fingerprint density at radius 2 is 2.23 bits per heavy atom. The molecule has 1 saturated carbocycles. The van der Waals surface area contributed by atoms with E-state index in [1.54, 1.807) is 0 Å². The lowest BCUT2D eigenvalue weighted by atomic mass is 9.89. The summed E-state index contributed by atoms with van der Waals surface area (Å²) in [6, 6.07) is 0. The molecule has 0 unspecified atom stereocenters. The van der Waals surface area contributed by atoms with Crippen molar-refractivity contribution in [2.45, 2.75) is 37.4 Å². The Morgan fingerprint density at radius 1 is 1.46 bits per heavy atom. The van der Waals surface area contributed by atoms with E-state index in [9.17, 15) is 9.50 Å². The van der Waals surface area contributed by atoms with Crippen molar-refractivity contribution < 1.29 is 9.50 Å². The molecule has 3 rings (SSSR count). The minimum absolute atomic E-state index is 0.148. The molecule has 0 aromatic carbocycles. The Kier molecular flexibility index (Phi) is 1.42. The summed E-state index contributed by atoms with van der Waals surface area (Å²) in [5, 5.41) is 9.40. The number of nitrogens with zero attached hydrogens (tertiary/aromatic N) is 1. The molecule has 0 bridgehead atoms. The minimum atomic E-state index is -0.705. The summed E-state index contributed by atoms with van der Waals surface area (Å²) in [6.07, 6.45) is 3.48. The molecule has 2 atom stereocenters. The first-order valence-corrected chi connectivity index (χ1v) is 5.18. The highest BCUT2D eigenvalue weighted by molar-refractivity contribution is 5.15. The molecule has 2 heterocycles. The molecular weight excluding hydrogens is 169 g/mol. The molecule has 13 heavy (non-hydrogen) atoms. The summed E-state index contributed by atoms with van der Waals surface area (Å²) >= 11 is 0. The van der Waals surface area contributed by atoms with Crippen LogP contribution in [0.2, 0.25) is 0 Å². The van der Waals surface area contributed by atoms with Crippen LogP contribution in [0.4, 0.5) is 4.39 Å². The van der Waals surface area contributed by atoms with Crippen LogP contribution in [-0.4, -0.2) is 41.4 Å². The van der Waals surface area contributed by atoms with Gasteiger partial charge in [-0.05, 0) is 24.7 Å². The van der Waals surface area contributed by atoms with Gasteiger partial charge in [-0.2, -0.15) is 0 Å². The predicted molar refractivity (Wildman–Crippen MR) is 47.2 cm³/mol. The molecular formula is C10H16FNO. The number of aliphatic hydroxyl groups excluding tert-OH is 1. The average Bonchev–Trinajstić information content (AvgIpc) is 2.64. The van der Waals surface area contributed by atoms with Crippen LogP contribution >= 0.6 is 0 Å². The molecule has 3 aliphatic rings. The summed E-state index contributed by atoms with van der Waals surface area (Å²) in [7, 11) is 0. The molecule has 3 heteroatoms. The molecule has 74 valence electrons. The lowest BCUT2D eigenvalue weighted by molar-refractivity contribution is 0.0994. The Bertz CT molecular complexity index is 241. The van der Waals surface area contributed by atoms with Crippen molar-refractivity contribution in [3.63, 3.8) is 0 Å². The maximum atomic E-state index is 13.2. The van der Waals surface area contributed by atoms with Crippen molar-refractivity contribution in [1.82, 2.24) is 4.90 Å². The highest BCUT2D eigenvalue weighted by Gasteiger charge is 2.61. The number of hydrogen-bond acceptors (Lipinski definition) is 2. The predicted octanol–water partition coefficient (Wildman–Crippen LogP) is 0.945. The van der Waals surface area contributed by atoms with Gasteiger partial charge in [0.15, 0.2) is 0 Å². The number of halogens is 1. The lowest BCUT2D eigenvalue weighted by Crippen LogP contribution is -2.41. The van der Waals surface area contributed by atoms with Gasteiger partial charge in [-0.25, -0.2) is 4.39 Å². The van der Waals surface area contributed by atoms with Crippen LogP contribution in [0, 0.1) is 5.41 Å². The SMILES string of the molecule is OC[C@]12C[C@@H](F)CN1CC1(CC1)C2. The van der Waals surface area contributed by atoms with Crippen molar-refractivity contribution >= 4 is 0 Å². The first-order chi connectivity index (χ1) is 6.18. The standard InChI is InChI=1S/C10H16FNO/c11-8-3-10(7-13)5-9(1-2-9)6-12(10)4-8/h8,13H,1-7H2/t8-,10-/m1/s1. The van der Waals surface area contributed by atoms with Gasteiger partial charge in [0.1, 0.15) is 6.17 Å². The molecule has 2 saturated heterocycles. The average molecular weight is 185 g/mol. The first kappa shape index (κ1) is 8.18. The largest absolute Gasteiger partial charge is 0.394 e. The molecule has 0 aromatic rings. The van der Waals surface area contributed by atoms with Gasteiger partial charge in [0.25, 0.3) is 0 Å². The van der Waals surface area contributed by atoms with Crippen LogP contribution in [0.15, 0.2) is 0 Å². The van der Waals surface area contributed by atoms with E-state index in [-0.39, 0.29) is 12.1 Å². The second-order valence-electron chi connectivity index (χ2n) is 5.24. The van der Waals surface area contributed by atoms with Crippen LogP contribution in [-0.2, 0) is 0 Å². The fourth-order valence-corrected chi connectivity index (χ4v) is 3.35. The fraction of sp³-hybridized carbons (Fsp3) is 1.00. The fourth-order valence-electron chi connectivity index (χ4n) is 3.35. The van der Waals surface area contributed by atoms with E-state index in [0.29, 0.717) is 18.4 Å². The van der Waals surface area contributed by atoms with Crippen LogP contribution in [0.25, 0.3) is 0 Å². The number of aliphatic hydroxyl groups is 1. The summed E-state index contributed by atoms with van der Waals surface area (Å²) in [5.41, 5.74) is 0.318. The summed E-state index contributed by atoms with van der Waals surface area (Å²) in [4.78, 5) is 2.20. The maximum Gasteiger partial charge on any atom is 0.115 e. The van der Waals surface area contributed by atoms with Gasteiger partial charge >= 0.3 is 0 Å². The number of alkyl halides is 1. The molecule has 1 N–H and O–H groups in total. The van der Waals surface area contributed by atoms with E-state index < -0.39 is 6.17 Å². The van der Waals surface area contributed by atoms with E-state index in [1.165, 1.54) is 12.8 Å². The third-order valence-electron chi connectivity index (χ3n) is 4.17. The number of rotatable bonds is 1. The normalized spacial score (nSPS) is 47.1. The Morgan fingerprint density at radius 3 is 2.77 bits per heavy atom. The van der Waals surface area contributed by atoms with E-state index in [1.807, 2.05) is 0 Å². The third kappa shape index (κ3) is 1.00. The number of hydrogen-bond donors (Lipinski definition) is 1. The smallest absolute Gasteiger partial charge is 0.115 e. The van der Waals surface area contributed by atoms with Crippen LogP contribution < -0.4 is 0 Å². The van der Waals surface area contributed by atoms with Gasteiger partial charge in [0.05, 0.1) is 6.61 Å². The van der Waals surface area contributed by atoms with E-state index in [0.717, 1.165) is 13.0 Å². The van der Waals surface area contributed by atoms with Crippen LogP contribution in [0.5, 0.6) is 0 Å². The highest BCUT2D eigenvalue weighted by Crippen LogP contribution is 2.60. The van der Waals surface area contributed by atoms with Crippen molar-refractivity contribution in [3.8, 4) is 0 Å². The van der Waals surface area contributed by atoms with E-state index >= 15 is 0 Å². The van der Waals surface area contributed by atoms with Crippen molar-refractivity contribution in [3.05, 3.63) is 0 Å². The summed E-state index contributed by atoms with van der Waals surface area (Å²) < 4.78 is 13.2. The minimum Gasteiger partial charge on any atom is -0.394 e. The first-order valence-electron chi connectivity index (χ1n) is 5.18. The molecule has 1 spiro atoms. The van der Waals surface area contributed by atoms with Gasteiger partial charge < -0.3 is 5.11 Å². The van der Waals surface area contributed by atoms with Crippen molar-refractivity contribution in [2.75, 3.05) is 19.7 Å². The van der Waals surface area contributed by atoms with E-state index in [2.05, 4.69) is 4.90 Å². The zero-order valence-electron chi connectivity index (χ0n) is 7.80. The van der Waals surface area contributed by atoms with Crippen LogP contribution in [0.3, 0.4) is 0 Å². The monoisotopic (exact) mass is 185 g/mol. The Balaban J connectivity index is 1.87. The third-order valence-corrected chi connectivity index (χ3v) is 4.17. The lowest BCUT2D eigenvalue weighted by Gasteiger charge is -2.28. The summed E-state index contributed by atoms with van der Waals surface area (Å²) in [6.45, 7) is 1.74. The molecule has 2 nitrogen and oxygen atoms in total. The van der Waals surface area contributed by atoms with Gasteiger partial charge in [-0.15, -0.1) is 0 Å². The van der Waals surface area contributed by atoms with E-state index in [4.69, 9.17) is 0 Å². The molecule has 0 radical (unpaired) electrons. The molecule has 2 aliphatic heterocycles. The van der Waals surface area contributed by atoms with Crippen molar-refractivity contribution in [1.29, 1.82) is 0 Å². The number of fused-ring (bicyclic) bond motifs is 1. The van der Waals surface area contributed by atoms with Gasteiger partial charge in [-0.1, -0.05) is 0 Å². The van der Waals surface area contributed by atoms with Gasteiger partial charge in [0, 0.05) is 25.0 Å². The molecule has 1 aliphatic carbocycles. The Hall–Kier alpha value is -0.150. The molecule has 0 aromatic heterocycles. The van der Waals surface area contributed by atoms with Gasteiger partial charge in [-0.3, -0.25) is 4.90 Å². The topological polar surface area (TPSA) is 23.5 Å². The molecule has 0 amide bonds. The zero-order valence-corrected chi connectivity index (χ0v) is 7.80. The summed E-state index contributed by atoms with van der Waals surface area (Å²) in [5.74, 6) is 0. The quantitative estimate of drug-likeness (QED) is 0.657. The molecule has 3 fully saturated rings. The Labute approximate surface area is 77.7 Å².